The Balaban J connectivity index is 2.70. The summed E-state index contributed by atoms with van der Waals surface area (Å²) < 4.78 is 1.13. The van der Waals surface area contributed by atoms with Crippen LogP contribution in [-0.2, 0) is 6.54 Å². The molecule has 1 rings (SSSR count). The van der Waals surface area contributed by atoms with Crippen LogP contribution in [0, 0.1) is 0 Å². The largest absolute Gasteiger partial charge is 0.399 e. The van der Waals surface area contributed by atoms with E-state index in [9.17, 15) is 0 Å². The van der Waals surface area contributed by atoms with E-state index < -0.39 is 0 Å². The molecule has 0 aliphatic heterocycles. The van der Waals surface area contributed by atoms with Gasteiger partial charge in [-0.05, 0) is 43.8 Å². The fraction of sp³-hybridized carbons (Fsp3) is 0.455. The molecule has 0 amide bonds. The van der Waals surface area contributed by atoms with E-state index in [1.165, 1.54) is 12.0 Å². The Morgan fingerprint density at radius 1 is 1.43 bits per heavy atom. The Bertz CT molecular complexity index is 299. The average Bonchev–Trinajstić information content (AvgIpc) is 2.12. The maximum absolute atomic E-state index is 5.74. The Morgan fingerprint density at radius 3 is 2.79 bits per heavy atom. The summed E-state index contributed by atoms with van der Waals surface area (Å²) in [7, 11) is 2.12. The molecule has 0 unspecified atom stereocenters. The van der Waals surface area contributed by atoms with Crippen LogP contribution < -0.4 is 5.73 Å². The molecule has 0 atom stereocenters. The van der Waals surface area contributed by atoms with Crippen molar-refractivity contribution in [1.82, 2.24) is 4.90 Å². The number of nitrogens with zero attached hydrogens (tertiary/aromatic N) is 1. The van der Waals surface area contributed by atoms with Crippen LogP contribution in [0.15, 0.2) is 22.7 Å². The third-order valence-electron chi connectivity index (χ3n) is 2.12. The molecule has 2 nitrogen and oxygen atoms in total. The van der Waals surface area contributed by atoms with Crippen molar-refractivity contribution >= 4 is 21.6 Å². The lowest BCUT2D eigenvalue weighted by Crippen LogP contribution is -2.18. The number of hydrogen-bond acceptors (Lipinski definition) is 2. The van der Waals surface area contributed by atoms with Crippen molar-refractivity contribution in [1.29, 1.82) is 0 Å². The summed E-state index contributed by atoms with van der Waals surface area (Å²) >= 11 is 3.53. The zero-order valence-corrected chi connectivity index (χ0v) is 10.3. The lowest BCUT2D eigenvalue weighted by atomic mass is 10.2. The minimum atomic E-state index is 0.827. The highest BCUT2D eigenvalue weighted by Crippen LogP contribution is 2.20. The summed E-state index contributed by atoms with van der Waals surface area (Å²) in [6.45, 7) is 4.24. The molecule has 14 heavy (non-hydrogen) atoms. The summed E-state index contributed by atoms with van der Waals surface area (Å²) in [6.07, 6.45) is 1.18. The molecule has 0 aromatic heterocycles. The van der Waals surface area contributed by atoms with Gasteiger partial charge in [0, 0.05) is 16.7 Å². The third-order valence-corrected chi connectivity index (χ3v) is 2.89. The normalized spacial score (nSPS) is 10.9. The van der Waals surface area contributed by atoms with Crippen LogP contribution in [0.1, 0.15) is 18.9 Å². The zero-order valence-electron chi connectivity index (χ0n) is 8.76. The minimum absolute atomic E-state index is 0.827. The van der Waals surface area contributed by atoms with Gasteiger partial charge in [0.15, 0.2) is 0 Å². The number of rotatable bonds is 4. The van der Waals surface area contributed by atoms with Crippen LogP contribution in [-0.4, -0.2) is 18.5 Å². The molecule has 0 radical (unpaired) electrons. The second-order valence-electron chi connectivity index (χ2n) is 3.59. The van der Waals surface area contributed by atoms with Gasteiger partial charge in [0.05, 0.1) is 0 Å². The Hall–Kier alpha value is -0.540. The second kappa shape index (κ2) is 5.37. The number of nitrogen functional groups attached to an aromatic ring is 1. The van der Waals surface area contributed by atoms with Gasteiger partial charge in [-0.1, -0.05) is 22.9 Å². The topological polar surface area (TPSA) is 29.3 Å². The van der Waals surface area contributed by atoms with Crippen molar-refractivity contribution in [3.05, 3.63) is 28.2 Å². The van der Waals surface area contributed by atoms with E-state index in [4.69, 9.17) is 5.73 Å². The van der Waals surface area contributed by atoms with Gasteiger partial charge >= 0.3 is 0 Å². The molecule has 0 aliphatic rings. The van der Waals surface area contributed by atoms with Crippen molar-refractivity contribution in [2.45, 2.75) is 19.9 Å². The molecule has 0 saturated heterocycles. The van der Waals surface area contributed by atoms with Gasteiger partial charge in [0.25, 0.3) is 0 Å². The predicted molar refractivity (Wildman–Crippen MR) is 65.2 cm³/mol. The smallest absolute Gasteiger partial charge is 0.0318 e. The molecule has 0 saturated carbocycles. The highest BCUT2D eigenvalue weighted by Gasteiger charge is 2.03. The van der Waals surface area contributed by atoms with Crippen LogP contribution >= 0.6 is 15.9 Å². The molecule has 0 heterocycles. The first-order valence-corrected chi connectivity index (χ1v) is 5.65. The summed E-state index contributed by atoms with van der Waals surface area (Å²) in [5, 5.41) is 0. The van der Waals surface area contributed by atoms with Crippen molar-refractivity contribution in [3.63, 3.8) is 0 Å². The zero-order chi connectivity index (χ0) is 10.6. The van der Waals surface area contributed by atoms with Gasteiger partial charge < -0.3 is 10.6 Å². The van der Waals surface area contributed by atoms with Gasteiger partial charge in [-0.2, -0.15) is 0 Å². The van der Waals surface area contributed by atoms with Gasteiger partial charge in [-0.15, -0.1) is 0 Å². The van der Waals surface area contributed by atoms with E-state index in [-0.39, 0.29) is 0 Å². The standard InChI is InChI=1S/C11H17BrN2/c1-3-6-14(2)8-9-7-10(13)4-5-11(9)12/h4-5,7H,3,6,8,13H2,1-2H3. The third kappa shape index (κ3) is 3.31. The van der Waals surface area contributed by atoms with Crippen molar-refractivity contribution in [2.24, 2.45) is 0 Å². The molecule has 1 aromatic carbocycles. The molecule has 2 N–H and O–H groups in total. The van der Waals surface area contributed by atoms with Crippen LogP contribution in [0.25, 0.3) is 0 Å². The van der Waals surface area contributed by atoms with Gasteiger partial charge in [0.2, 0.25) is 0 Å². The summed E-state index contributed by atoms with van der Waals surface area (Å²) in [5.41, 5.74) is 7.82. The number of nitrogens with two attached hydrogens (primary N) is 1. The fourth-order valence-corrected chi connectivity index (χ4v) is 1.84. The van der Waals surface area contributed by atoms with E-state index in [0.717, 1.165) is 23.2 Å². The van der Waals surface area contributed by atoms with Crippen molar-refractivity contribution in [2.75, 3.05) is 19.3 Å². The Morgan fingerprint density at radius 2 is 2.14 bits per heavy atom. The summed E-state index contributed by atoms with van der Waals surface area (Å²) in [5.74, 6) is 0. The van der Waals surface area contributed by atoms with E-state index in [2.05, 4.69) is 34.8 Å². The average molecular weight is 257 g/mol. The van der Waals surface area contributed by atoms with Crippen LogP contribution in [0.2, 0.25) is 0 Å². The highest BCUT2D eigenvalue weighted by molar-refractivity contribution is 9.10. The predicted octanol–water partition coefficient (Wildman–Crippen LogP) is 2.87. The molecular formula is C11H17BrN2. The molecule has 0 spiro atoms. The number of hydrogen-bond donors (Lipinski definition) is 1. The number of halogens is 1. The summed E-state index contributed by atoms with van der Waals surface area (Å²) in [6, 6.07) is 5.94. The van der Waals surface area contributed by atoms with E-state index in [1.807, 2.05) is 18.2 Å². The van der Waals surface area contributed by atoms with Crippen LogP contribution in [0.3, 0.4) is 0 Å². The molecule has 0 bridgehead atoms. The number of anilines is 1. The Labute approximate surface area is 94.2 Å². The van der Waals surface area contributed by atoms with Gasteiger partial charge in [-0.25, -0.2) is 0 Å². The maximum atomic E-state index is 5.74. The fourth-order valence-electron chi connectivity index (χ4n) is 1.47. The quantitative estimate of drug-likeness (QED) is 0.840. The van der Waals surface area contributed by atoms with E-state index in [0.29, 0.717) is 0 Å². The lowest BCUT2D eigenvalue weighted by molar-refractivity contribution is 0.327. The van der Waals surface area contributed by atoms with E-state index in [1.54, 1.807) is 0 Å². The highest BCUT2D eigenvalue weighted by atomic mass is 79.9. The Kier molecular flexibility index (Phi) is 4.42. The first-order valence-electron chi connectivity index (χ1n) is 4.86. The van der Waals surface area contributed by atoms with Crippen molar-refractivity contribution < 1.29 is 0 Å². The second-order valence-corrected chi connectivity index (χ2v) is 4.44. The van der Waals surface area contributed by atoms with Crippen LogP contribution in [0.5, 0.6) is 0 Å². The molecule has 78 valence electrons. The molecule has 0 fully saturated rings. The first-order chi connectivity index (χ1) is 6.63. The monoisotopic (exact) mass is 256 g/mol. The molecule has 3 heteroatoms. The molecular weight excluding hydrogens is 240 g/mol. The molecule has 0 aliphatic carbocycles. The minimum Gasteiger partial charge on any atom is -0.399 e. The van der Waals surface area contributed by atoms with Gasteiger partial charge in [0.1, 0.15) is 0 Å². The SMILES string of the molecule is CCCN(C)Cc1cc(N)ccc1Br. The summed E-state index contributed by atoms with van der Waals surface area (Å²) in [4.78, 5) is 2.29. The van der Waals surface area contributed by atoms with E-state index >= 15 is 0 Å². The van der Waals surface area contributed by atoms with Gasteiger partial charge in [-0.3, -0.25) is 0 Å². The van der Waals surface area contributed by atoms with Crippen molar-refractivity contribution in [3.8, 4) is 0 Å². The first kappa shape index (κ1) is 11.5. The molecule has 1 aromatic rings. The number of benzene rings is 1. The lowest BCUT2D eigenvalue weighted by Gasteiger charge is -2.16. The van der Waals surface area contributed by atoms with Crippen LogP contribution in [0.4, 0.5) is 5.69 Å². The maximum Gasteiger partial charge on any atom is 0.0318 e.